The number of carbonyl (C=O) groups excluding carboxylic acids is 1. The lowest BCUT2D eigenvalue weighted by Gasteiger charge is -2.14. The van der Waals surface area contributed by atoms with Gasteiger partial charge in [-0.3, -0.25) is 4.79 Å². The Hall–Kier alpha value is -1.59. The molecule has 0 aromatic heterocycles. The van der Waals surface area contributed by atoms with Crippen molar-refractivity contribution in [3.63, 3.8) is 0 Å². The van der Waals surface area contributed by atoms with Gasteiger partial charge in [-0.1, -0.05) is 17.7 Å². The second-order valence-corrected chi connectivity index (χ2v) is 4.53. The monoisotopic (exact) mass is 266 g/mol. The molecule has 1 amide bonds. The van der Waals surface area contributed by atoms with Gasteiger partial charge >= 0.3 is 0 Å². The molecule has 0 fully saturated rings. The summed E-state index contributed by atoms with van der Waals surface area (Å²) in [7, 11) is 1.60. The number of aryl methyl sites for hydroxylation is 1. The van der Waals surface area contributed by atoms with E-state index in [1.54, 1.807) is 7.11 Å². The van der Waals surface area contributed by atoms with Crippen LogP contribution in [0.2, 0.25) is 0 Å². The van der Waals surface area contributed by atoms with Crippen LogP contribution in [0.3, 0.4) is 0 Å². The lowest BCUT2D eigenvalue weighted by Crippen LogP contribution is -2.38. The van der Waals surface area contributed by atoms with Crippen molar-refractivity contribution in [2.75, 3.05) is 20.3 Å². The molecule has 106 valence electrons. The highest BCUT2D eigenvalue weighted by atomic mass is 16.5. The number of nitrogens with two attached hydrogens (primary N) is 1. The van der Waals surface area contributed by atoms with Gasteiger partial charge < -0.3 is 20.5 Å². The van der Waals surface area contributed by atoms with Crippen LogP contribution in [0.1, 0.15) is 18.1 Å². The van der Waals surface area contributed by atoms with E-state index in [0.29, 0.717) is 18.9 Å². The summed E-state index contributed by atoms with van der Waals surface area (Å²) in [5.41, 5.74) is 7.67. The van der Waals surface area contributed by atoms with Crippen LogP contribution in [0.5, 0.6) is 5.75 Å². The minimum atomic E-state index is -0.173. The number of amides is 1. The van der Waals surface area contributed by atoms with Crippen molar-refractivity contribution < 1.29 is 14.3 Å². The van der Waals surface area contributed by atoms with E-state index in [9.17, 15) is 4.79 Å². The molecular weight excluding hydrogens is 244 g/mol. The Kier molecular flexibility index (Phi) is 6.32. The molecule has 3 N–H and O–H groups in total. The van der Waals surface area contributed by atoms with Crippen LogP contribution in [0.15, 0.2) is 18.2 Å². The molecule has 5 heteroatoms. The summed E-state index contributed by atoms with van der Waals surface area (Å²) < 4.78 is 10.4. The summed E-state index contributed by atoms with van der Waals surface area (Å²) >= 11 is 0. The normalized spacial score (nSPS) is 12.0. The van der Waals surface area contributed by atoms with Crippen molar-refractivity contribution in [3.8, 4) is 5.75 Å². The Labute approximate surface area is 114 Å². The molecule has 0 spiro atoms. The summed E-state index contributed by atoms with van der Waals surface area (Å²) in [6.45, 7) is 4.70. The first-order valence-corrected chi connectivity index (χ1v) is 6.27. The lowest BCUT2D eigenvalue weighted by molar-refractivity contribution is -0.124. The minimum Gasteiger partial charge on any atom is -0.483 e. The molecule has 1 unspecified atom stereocenters. The van der Waals surface area contributed by atoms with Gasteiger partial charge in [0.15, 0.2) is 6.61 Å². The van der Waals surface area contributed by atoms with Crippen molar-refractivity contribution in [2.24, 2.45) is 5.73 Å². The number of hydrogen-bond donors (Lipinski definition) is 2. The minimum absolute atomic E-state index is 0.0237. The lowest BCUT2D eigenvalue weighted by atomic mass is 10.1. The fraction of sp³-hybridized carbons (Fsp3) is 0.500. The van der Waals surface area contributed by atoms with Crippen molar-refractivity contribution in [2.45, 2.75) is 26.4 Å². The number of nitrogens with one attached hydrogen (secondary N) is 1. The first kappa shape index (κ1) is 15.5. The maximum absolute atomic E-state index is 11.6. The Morgan fingerprint density at radius 3 is 2.84 bits per heavy atom. The highest BCUT2D eigenvalue weighted by Gasteiger charge is 2.09. The smallest absolute Gasteiger partial charge is 0.258 e. The highest BCUT2D eigenvalue weighted by molar-refractivity contribution is 5.77. The molecule has 1 rings (SSSR count). The molecule has 0 saturated carbocycles. The van der Waals surface area contributed by atoms with E-state index < -0.39 is 0 Å². The summed E-state index contributed by atoms with van der Waals surface area (Å²) in [6.07, 6.45) is 0. The Morgan fingerprint density at radius 2 is 2.21 bits per heavy atom. The Bertz CT molecular complexity index is 421. The largest absolute Gasteiger partial charge is 0.483 e. The molecular formula is C14H22N2O3. The van der Waals surface area contributed by atoms with Gasteiger partial charge in [-0.05, 0) is 19.9 Å². The molecule has 1 aromatic rings. The summed E-state index contributed by atoms with van der Waals surface area (Å²) in [6, 6.07) is 5.69. The molecule has 1 atom stereocenters. The van der Waals surface area contributed by atoms with Gasteiger partial charge in [-0.2, -0.15) is 0 Å². The van der Waals surface area contributed by atoms with Crippen LogP contribution in [0.25, 0.3) is 0 Å². The summed E-state index contributed by atoms with van der Waals surface area (Å²) in [5.74, 6) is 0.482. The van der Waals surface area contributed by atoms with Crippen LogP contribution >= 0.6 is 0 Å². The van der Waals surface area contributed by atoms with Gasteiger partial charge in [0, 0.05) is 25.3 Å². The third kappa shape index (κ3) is 5.28. The molecule has 0 bridgehead atoms. The molecule has 0 heterocycles. The van der Waals surface area contributed by atoms with Gasteiger partial charge in [-0.15, -0.1) is 0 Å². The van der Waals surface area contributed by atoms with Gasteiger partial charge in [0.2, 0.25) is 0 Å². The maximum Gasteiger partial charge on any atom is 0.258 e. The zero-order valence-electron chi connectivity index (χ0n) is 11.7. The standard InChI is InChI=1S/C14H22N2O3/c1-10-4-5-13(12(6-10)7-15)19-9-14(17)16-11(2)8-18-3/h4-6,11H,7-9,15H2,1-3H3,(H,16,17). The van der Waals surface area contributed by atoms with Crippen LogP contribution < -0.4 is 15.8 Å². The van der Waals surface area contributed by atoms with Gasteiger partial charge in [-0.25, -0.2) is 0 Å². The first-order chi connectivity index (χ1) is 9.06. The zero-order valence-corrected chi connectivity index (χ0v) is 11.7. The van der Waals surface area contributed by atoms with Crippen molar-refractivity contribution in [1.29, 1.82) is 0 Å². The third-order valence-electron chi connectivity index (χ3n) is 2.62. The van der Waals surface area contributed by atoms with Gasteiger partial charge in [0.05, 0.1) is 6.61 Å². The van der Waals surface area contributed by atoms with Crippen molar-refractivity contribution >= 4 is 5.91 Å². The van der Waals surface area contributed by atoms with Crippen LogP contribution in [-0.2, 0) is 16.1 Å². The van der Waals surface area contributed by atoms with E-state index in [4.69, 9.17) is 15.2 Å². The molecule has 1 aromatic carbocycles. The van der Waals surface area contributed by atoms with Crippen LogP contribution in [0.4, 0.5) is 0 Å². The maximum atomic E-state index is 11.6. The topological polar surface area (TPSA) is 73.6 Å². The second kappa shape index (κ2) is 7.76. The van der Waals surface area contributed by atoms with Gasteiger partial charge in [0.25, 0.3) is 5.91 Å². The van der Waals surface area contributed by atoms with E-state index in [2.05, 4.69) is 5.32 Å². The highest BCUT2D eigenvalue weighted by Crippen LogP contribution is 2.19. The Morgan fingerprint density at radius 1 is 1.47 bits per heavy atom. The molecule has 0 saturated heterocycles. The average molecular weight is 266 g/mol. The molecule has 19 heavy (non-hydrogen) atoms. The van der Waals surface area contributed by atoms with E-state index in [0.717, 1.165) is 11.1 Å². The molecule has 5 nitrogen and oxygen atoms in total. The van der Waals surface area contributed by atoms with Crippen LogP contribution in [0, 0.1) is 6.92 Å². The van der Waals surface area contributed by atoms with E-state index in [1.165, 1.54) is 0 Å². The fourth-order valence-corrected chi connectivity index (χ4v) is 1.76. The average Bonchev–Trinajstić information content (AvgIpc) is 2.37. The van der Waals surface area contributed by atoms with Crippen molar-refractivity contribution in [3.05, 3.63) is 29.3 Å². The Balaban J connectivity index is 2.50. The molecule has 0 radical (unpaired) electrons. The summed E-state index contributed by atoms with van der Waals surface area (Å²) in [4.78, 5) is 11.6. The number of carbonyl (C=O) groups is 1. The van der Waals surface area contributed by atoms with E-state index in [-0.39, 0.29) is 18.6 Å². The number of hydrogen-bond acceptors (Lipinski definition) is 4. The number of methoxy groups -OCH3 is 1. The van der Waals surface area contributed by atoms with E-state index >= 15 is 0 Å². The second-order valence-electron chi connectivity index (χ2n) is 4.53. The van der Waals surface area contributed by atoms with Gasteiger partial charge in [0.1, 0.15) is 5.75 Å². The SMILES string of the molecule is COCC(C)NC(=O)COc1ccc(C)cc1CN. The molecule has 0 aliphatic rings. The number of rotatable bonds is 7. The fourth-order valence-electron chi connectivity index (χ4n) is 1.76. The summed E-state index contributed by atoms with van der Waals surface area (Å²) in [5, 5.41) is 2.78. The zero-order chi connectivity index (χ0) is 14.3. The third-order valence-corrected chi connectivity index (χ3v) is 2.62. The molecule has 0 aliphatic heterocycles. The number of ether oxygens (including phenoxy) is 2. The van der Waals surface area contributed by atoms with Crippen LogP contribution in [-0.4, -0.2) is 32.3 Å². The molecule has 0 aliphatic carbocycles. The predicted molar refractivity (Wildman–Crippen MR) is 74.0 cm³/mol. The van der Waals surface area contributed by atoms with E-state index in [1.807, 2.05) is 32.0 Å². The van der Waals surface area contributed by atoms with Crippen molar-refractivity contribution in [1.82, 2.24) is 5.32 Å². The predicted octanol–water partition coefficient (Wildman–Crippen LogP) is 0.984. The number of benzene rings is 1. The first-order valence-electron chi connectivity index (χ1n) is 6.27. The quantitative estimate of drug-likeness (QED) is 0.771.